The molecule has 2 unspecified atom stereocenters. The highest BCUT2D eigenvalue weighted by Crippen LogP contribution is 2.76. The van der Waals surface area contributed by atoms with Crippen LogP contribution in [0.4, 0.5) is 5.82 Å². The van der Waals surface area contributed by atoms with Gasteiger partial charge < -0.3 is 10.4 Å². The Morgan fingerprint density at radius 2 is 1.70 bits per heavy atom. The number of Topliss-reactive ketones (excluding diaryl/α,β-unsaturated/α-hetero) is 1. The molecule has 1 aromatic heterocycles. The van der Waals surface area contributed by atoms with E-state index in [2.05, 4.69) is 63.8 Å². The highest BCUT2D eigenvalue weighted by Gasteiger charge is 2.70. The molecule has 218 valence electrons. The number of nitrogens with zero attached hydrogens (tertiary/aromatic N) is 2. The zero-order chi connectivity index (χ0) is 28.9. The van der Waals surface area contributed by atoms with Crippen molar-refractivity contribution in [2.75, 3.05) is 5.32 Å². The number of fused-ring (bicyclic) bond motifs is 7. The Labute approximate surface area is 240 Å². The van der Waals surface area contributed by atoms with Crippen LogP contribution in [-0.2, 0) is 9.59 Å². The molecule has 1 heterocycles. The third kappa shape index (κ3) is 3.50. The van der Waals surface area contributed by atoms with Crippen LogP contribution in [0.3, 0.4) is 0 Å². The quantitative estimate of drug-likeness (QED) is 0.436. The molecule has 4 saturated carbocycles. The van der Waals surface area contributed by atoms with Crippen molar-refractivity contribution in [1.82, 2.24) is 9.97 Å². The summed E-state index contributed by atoms with van der Waals surface area (Å²) in [5, 5.41) is 14.1. The predicted molar refractivity (Wildman–Crippen MR) is 156 cm³/mol. The third-order valence-electron chi connectivity index (χ3n) is 13.6. The summed E-state index contributed by atoms with van der Waals surface area (Å²) in [6.45, 7) is 16.4. The molecule has 8 atom stereocenters. The molecule has 4 fully saturated rings. The molecular formula is C34H49N3O3. The molecule has 0 saturated heterocycles. The molecule has 5 aliphatic carbocycles. The summed E-state index contributed by atoms with van der Waals surface area (Å²) in [4.78, 5) is 36.4. The first-order valence-electron chi connectivity index (χ1n) is 15.8. The van der Waals surface area contributed by atoms with E-state index in [4.69, 9.17) is 0 Å². The Bertz CT molecular complexity index is 1260. The van der Waals surface area contributed by atoms with Gasteiger partial charge in [0.1, 0.15) is 0 Å². The van der Waals surface area contributed by atoms with Gasteiger partial charge in [-0.2, -0.15) is 0 Å². The van der Waals surface area contributed by atoms with E-state index in [1.165, 1.54) is 0 Å². The van der Waals surface area contributed by atoms with Crippen LogP contribution in [0.25, 0.3) is 0 Å². The second-order valence-electron chi connectivity index (χ2n) is 15.7. The molecule has 0 aromatic carbocycles. The first kappa shape index (κ1) is 28.1. The van der Waals surface area contributed by atoms with Crippen LogP contribution in [0.2, 0.25) is 0 Å². The highest BCUT2D eigenvalue weighted by atomic mass is 16.3. The number of hydrogen-bond acceptors (Lipinski definition) is 5. The number of carbonyl (C=O) groups is 2. The number of hydrogen-bond donors (Lipinski definition) is 2. The van der Waals surface area contributed by atoms with E-state index in [0.717, 1.165) is 56.1 Å². The summed E-state index contributed by atoms with van der Waals surface area (Å²) in [7, 11) is 0. The number of carbonyl (C=O) groups excluding carboxylic acids is 2. The zero-order valence-electron chi connectivity index (χ0n) is 25.6. The van der Waals surface area contributed by atoms with Crippen molar-refractivity contribution in [2.24, 2.45) is 50.7 Å². The van der Waals surface area contributed by atoms with E-state index in [1.54, 1.807) is 18.6 Å². The molecule has 1 amide bonds. The lowest BCUT2D eigenvalue weighted by Crippen LogP contribution is -2.66. The predicted octanol–water partition coefficient (Wildman–Crippen LogP) is 6.76. The average molecular weight is 548 g/mol. The molecule has 1 aromatic rings. The van der Waals surface area contributed by atoms with Gasteiger partial charge in [-0.1, -0.05) is 48.5 Å². The van der Waals surface area contributed by atoms with E-state index in [0.29, 0.717) is 24.1 Å². The van der Waals surface area contributed by atoms with E-state index >= 15 is 0 Å². The Morgan fingerprint density at radius 3 is 2.38 bits per heavy atom. The Balaban J connectivity index is 1.42. The Kier molecular flexibility index (Phi) is 6.28. The van der Waals surface area contributed by atoms with Crippen molar-refractivity contribution in [3.8, 4) is 0 Å². The molecule has 6 nitrogen and oxygen atoms in total. The van der Waals surface area contributed by atoms with Gasteiger partial charge in [-0.25, -0.2) is 4.98 Å². The minimum atomic E-state index is -0.792. The lowest BCUT2D eigenvalue weighted by atomic mass is 9.33. The molecule has 6 heteroatoms. The smallest absolute Gasteiger partial charge is 0.236 e. The molecule has 0 spiro atoms. The normalized spacial score (nSPS) is 44.0. The second kappa shape index (κ2) is 8.96. The zero-order valence-corrected chi connectivity index (χ0v) is 25.6. The molecular weight excluding hydrogens is 498 g/mol. The lowest BCUT2D eigenvalue weighted by molar-refractivity contribution is -0.228. The number of nitrogens with one attached hydrogen (secondary N) is 1. The van der Waals surface area contributed by atoms with Crippen LogP contribution in [0.1, 0.15) is 106 Å². The maximum absolute atomic E-state index is 14.2. The number of aliphatic hydroxyl groups excluding tert-OH is 1. The summed E-state index contributed by atoms with van der Waals surface area (Å²) in [6.07, 6.45) is 12.9. The maximum Gasteiger partial charge on any atom is 0.236 e. The van der Waals surface area contributed by atoms with Crippen molar-refractivity contribution in [3.63, 3.8) is 0 Å². The molecule has 6 rings (SSSR count). The largest absolute Gasteiger partial charge is 0.393 e. The second-order valence-corrected chi connectivity index (χ2v) is 15.7. The summed E-state index contributed by atoms with van der Waals surface area (Å²) in [5.41, 5.74) is 1.55. The van der Waals surface area contributed by atoms with Gasteiger partial charge in [0, 0.05) is 18.8 Å². The van der Waals surface area contributed by atoms with Crippen molar-refractivity contribution >= 4 is 17.5 Å². The van der Waals surface area contributed by atoms with Crippen molar-refractivity contribution < 1.29 is 14.7 Å². The van der Waals surface area contributed by atoms with Gasteiger partial charge in [-0.15, -0.1) is 0 Å². The Hall–Kier alpha value is -2.08. The SMILES string of the molecule is CC(C)C1=C2[C@H]3CCC4[C@@]5(C)CC[C@H](O)C(C)(C)C5CC[C@@]4(C)[C@]3(C)CC[C@@]2(C(=O)Nc2cnccn2)CC1=O. The van der Waals surface area contributed by atoms with E-state index in [-0.39, 0.29) is 57.7 Å². The molecule has 0 bridgehead atoms. The fraction of sp³-hybridized carbons (Fsp3) is 0.765. The number of amides is 1. The average Bonchev–Trinajstić information content (AvgIpc) is 3.21. The van der Waals surface area contributed by atoms with E-state index in [1.807, 2.05) is 0 Å². The van der Waals surface area contributed by atoms with Gasteiger partial charge in [0.2, 0.25) is 5.91 Å². The van der Waals surface area contributed by atoms with Gasteiger partial charge in [0.15, 0.2) is 11.6 Å². The summed E-state index contributed by atoms with van der Waals surface area (Å²) < 4.78 is 0. The third-order valence-corrected chi connectivity index (χ3v) is 13.6. The standard InChI is InChI=1S/C34H49N3O3/c1-20(2)27-22(38)18-34(29(40)37-26-19-35-16-17-36-26)15-14-32(6)21(28(27)34)8-9-24-31(5)12-11-25(39)30(3,4)23(31)10-13-33(24,32)7/h16-17,19-21,23-25,39H,8-15,18H2,1-7H3,(H,36,37,40)/t21-,23?,24?,25+,31+,32-,33-,34-/m1/s1. The van der Waals surface area contributed by atoms with E-state index < -0.39 is 5.41 Å². The first-order chi connectivity index (χ1) is 18.7. The number of allylic oxidation sites excluding steroid dienone is 1. The number of anilines is 1. The first-order valence-corrected chi connectivity index (χ1v) is 15.8. The van der Waals surface area contributed by atoms with Crippen molar-refractivity contribution in [1.29, 1.82) is 0 Å². The van der Waals surface area contributed by atoms with Crippen LogP contribution in [-0.4, -0.2) is 32.9 Å². The monoisotopic (exact) mass is 547 g/mol. The van der Waals surface area contributed by atoms with Gasteiger partial charge in [-0.3, -0.25) is 14.6 Å². The molecule has 0 aliphatic heterocycles. The fourth-order valence-corrected chi connectivity index (χ4v) is 11.5. The van der Waals surface area contributed by atoms with Crippen molar-refractivity contribution in [2.45, 2.75) is 112 Å². The summed E-state index contributed by atoms with van der Waals surface area (Å²) in [6, 6.07) is 0. The Morgan fingerprint density at radius 1 is 0.950 bits per heavy atom. The summed E-state index contributed by atoms with van der Waals surface area (Å²) >= 11 is 0. The minimum Gasteiger partial charge on any atom is -0.393 e. The topological polar surface area (TPSA) is 92.2 Å². The van der Waals surface area contributed by atoms with Crippen molar-refractivity contribution in [3.05, 3.63) is 29.7 Å². The van der Waals surface area contributed by atoms with Gasteiger partial charge in [-0.05, 0) is 108 Å². The van der Waals surface area contributed by atoms with Crippen LogP contribution in [0, 0.1) is 50.7 Å². The molecule has 0 radical (unpaired) electrons. The van der Waals surface area contributed by atoms with Gasteiger partial charge >= 0.3 is 0 Å². The molecule has 5 aliphatic rings. The number of rotatable bonds is 3. The number of aliphatic hydroxyl groups is 1. The lowest BCUT2D eigenvalue weighted by Gasteiger charge is -2.72. The van der Waals surface area contributed by atoms with Gasteiger partial charge in [0.05, 0.1) is 17.7 Å². The highest BCUT2D eigenvalue weighted by molar-refractivity contribution is 6.09. The fourth-order valence-electron chi connectivity index (χ4n) is 11.5. The number of ketones is 1. The van der Waals surface area contributed by atoms with Crippen LogP contribution >= 0.6 is 0 Å². The van der Waals surface area contributed by atoms with Gasteiger partial charge in [0.25, 0.3) is 0 Å². The maximum atomic E-state index is 14.2. The summed E-state index contributed by atoms with van der Waals surface area (Å²) in [5.74, 6) is 1.93. The molecule has 2 N–H and O–H groups in total. The van der Waals surface area contributed by atoms with Crippen LogP contribution in [0.15, 0.2) is 29.7 Å². The number of aromatic nitrogens is 2. The van der Waals surface area contributed by atoms with Crippen LogP contribution in [0.5, 0.6) is 0 Å². The minimum absolute atomic E-state index is 0.0144. The van der Waals surface area contributed by atoms with Crippen LogP contribution < -0.4 is 5.32 Å². The van der Waals surface area contributed by atoms with E-state index in [9.17, 15) is 14.7 Å². The molecule has 40 heavy (non-hydrogen) atoms.